The molecule has 1 aromatic heterocycles. The molecule has 0 spiro atoms. The Hall–Kier alpha value is -1.22. The molecular formula is C12H19N3. The van der Waals surface area contributed by atoms with Gasteiger partial charge in [-0.1, -0.05) is 12.5 Å². The van der Waals surface area contributed by atoms with Crippen molar-refractivity contribution < 1.29 is 0 Å². The van der Waals surface area contributed by atoms with Crippen molar-refractivity contribution in [2.24, 2.45) is 0 Å². The Balaban J connectivity index is 2.67. The molecule has 0 aliphatic carbocycles. The standard InChI is InChI=1S/C12H19N3/c1-4-6-13-11(9-10(2)3)12-14-7-5-8-15-12/h5,7-8,11,13H,2,4,6,9H2,1,3H3. The number of nitrogens with zero attached hydrogens (tertiary/aromatic N) is 2. The smallest absolute Gasteiger partial charge is 0.145 e. The monoisotopic (exact) mass is 205 g/mol. The van der Waals surface area contributed by atoms with Crippen LogP contribution in [0.25, 0.3) is 0 Å². The van der Waals surface area contributed by atoms with Crippen LogP contribution < -0.4 is 5.32 Å². The fraction of sp³-hybridized carbons (Fsp3) is 0.500. The van der Waals surface area contributed by atoms with Gasteiger partial charge in [0.05, 0.1) is 6.04 Å². The van der Waals surface area contributed by atoms with Crippen molar-refractivity contribution in [1.29, 1.82) is 0 Å². The van der Waals surface area contributed by atoms with Crippen LogP contribution in [0.5, 0.6) is 0 Å². The molecule has 0 amide bonds. The van der Waals surface area contributed by atoms with E-state index >= 15 is 0 Å². The van der Waals surface area contributed by atoms with Crippen LogP contribution in [0, 0.1) is 0 Å². The first-order valence-electron chi connectivity index (χ1n) is 5.38. The van der Waals surface area contributed by atoms with E-state index in [9.17, 15) is 0 Å². The van der Waals surface area contributed by atoms with Gasteiger partial charge in [-0.25, -0.2) is 9.97 Å². The van der Waals surface area contributed by atoms with Gasteiger partial charge >= 0.3 is 0 Å². The minimum absolute atomic E-state index is 0.198. The van der Waals surface area contributed by atoms with E-state index < -0.39 is 0 Å². The summed E-state index contributed by atoms with van der Waals surface area (Å²) in [6.07, 6.45) is 5.56. The highest BCUT2D eigenvalue weighted by atomic mass is 15.0. The van der Waals surface area contributed by atoms with Crippen LogP contribution in [-0.2, 0) is 0 Å². The van der Waals surface area contributed by atoms with Crippen molar-refractivity contribution in [3.05, 3.63) is 36.4 Å². The highest BCUT2D eigenvalue weighted by Crippen LogP contribution is 2.15. The third-order valence-corrected chi connectivity index (χ3v) is 2.09. The molecule has 1 unspecified atom stereocenters. The van der Waals surface area contributed by atoms with E-state index in [4.69, 9.17) is 0 Å². The van der Waals surface area contributed by atoms with Crippen LogP contribution >= 0.6 is 0 Å². The summed E-state index contributed by atoms with van der Waals surface area (Å²) in [7, 11) is 0. The summed E-state index contributed by atoms with van der Waals surface area (Å²) < 4.78 is 0. The molecule has 1 aromatic rings. The average molecular weight is 205 g/mol. The minimum atomic E-state index is 0.198. The molecule has 0 aliphatic heterocycles. The van der Waals surface area contributed by atoms with E-state index in [2.05, 4.69) is 28.8 Å². The third kappa shape index (κ3) is 4.21. The molecule has 82 valence electrons. The van der Waals surface area contributed by atoms with Gasteiger partial charge in [0, 0.05) is 12.4 Å². The highest BCUT2D eigenvalue weighted by Gasteiger charge is 2.12. The number of hydrogen-bond donors (Lipinski definition) is 1. The fourth-order valence-corrected chi connectivity index (χ4v) is 1.41. The van der Waals surface area contributed by atoms with Gasteiger partial charge in [0.15, 0.2) is 0 Å². The summed E-state index contributed by atoms with van der Waals surface area (Å²) in [5.74, 6) is 0.856. The molecular weight excluding hydrogens is 186 g/mol. The lowest BCUT2D eigenvalue weighted by molar-refractivity contribution is 0.503. The van der Waals surface area contributed by atoms with Crippen molar-refractivity contribution in [3.8, 4) is 0 Å². The van der Waals surface area contributed by atoms with Gasteiger partial charge in [-0.2, -0.15) is 0 Å². The second-order valence-electron chi connectivity index (χ2n) is 3.77. The Labute approximate surface area is 91.7 Å². The molecule has 1 atom stereocenters. The average Bonchev–Trinajstić information content (AvgIpc) is 2.25. The molecule has 3 nitrogen and oxygen atoms in total. The summed E-state index contributed by atoms with van der Waals surface area (Å²) in [4.78, 5) is 8.54. The van der Waals surface area contributed by atoms with Crippen LogP contribution in [0.15, 0.2) is 30.6 Å². The van der Waals surface area contributed by atoms with Crippen LogP contribution in [0.3, 0.4) is 0 Å². The first kappa shape index (κ1) is 11.9. The van der Waals surface area contributed by atoms with E-state index in [0.29, 0.717) is 0 Å². The molecule has 0 saturated carbocycles. The summed E-state index contributed by atoms with van der Waals surface area (Å²) >= 11 is 0. The van der Waals surface area contributed by atoms with Crippen molar-refractivity contribution >= 4 is 0 Å². The third-order valence-electron chi connectivity index (χ3n) is 2.09. The molecule has 1 heterocycles. The lowest BCUT2D eigenvalue weighted by Crippen LogP contribution is -2.24. The Morgan fingerprint density at radius 3 is 2.67 bits per heavy atom. The summed E-state index contributed by atoms with van der Waals surface area (Å²) in [5.41, 5.74) is 1.15. The van der Waals surface area contributed by atoms with Gasteiger partial charge in [0.2, 0.25) is 0 Å². The SMILES string of the molecule is C=C(C)CC(NCCC)c1ncccn1. The van der Waals surface area contributed by atoms with E-state index in [1.807, 2.05) is 13.0 Å². The highest BCUT2D eigenvalue weighted by molar-refractivity contribution is 5.02. The van der Waals surface area contributed by atoms with Gasteiger partial charge in [-0.15, -0.1) is 6.58 Å². The molecule has 0 aromatic carbocycles. The Morgan fingerprint density at radius 1 is 1.47 bits per heavy atom. The van der Waals surface area contributed by atoms with Crippen LogP contribution in [0.1, 0.15) is 38.6 Å². The maximum atomic E-state index is 4.27. The van der Waals surface area contributed by atoms with E-state index in [1.54, 1.807) is 12.4 Å². The Bertz CT molecular complexity index is 295. The lowest BCUT2D eigenvalue weighted by atomic mass is 10.1. The largest absolute Gasteiger partial charge is 0.307 e. The molecule has 1 N–H and O–H groups in total. The molecule has 15 heavy (non-hydrogen) atoms. The number of hydrogen-bond acceptors (Lipinski definition) is 3. The van der Waals surface area contributed by atoms with Gasteiger partial charge in [0.25, 0.3) is 0 Å². The fourth-order valence-electron chi connectivity index (χ4n) is 1.41. The molecule has 0 bridgehead atoms. The normalized spacial score (nSPS) is 12.4. The Kier molecular flexibility index (Phi) is 4.98. The molecule has 0 radical (unpaired) electrons. The van der Waals surface area contributed by atoms with Crippen molar-refractivity contribution in [2.75, 3.05) is 6.54 Å². The van der Waals surface area contributed by atoms with Crippen molar-refractivity contribution in [1.82, 2.24) is 15.3 Å². The maximum Gasteiger partial charge on any atom is 0.145 e. The molecule has 0 fully saturated rings. The quantitative estimate of drug-likeness (QED) is 0.725. The van der Waals surface area contributed by atoms with Crippen molar-refractivity contribution in [2.45, 2.75) is 32.7 Å². The zero-order valence-electron chi connectivity index (χ0n) is 9.53. The van der Waals surface area contributed by atoms with Crippen LogP contribution in [0.4, 0.5) is 0 Å². The van der Waals surface area contributed by atoms with Gasteiger partial charge in [-0.05, 0) is 32.4 Å². The summed E-state index contributed by atoms with van der Waals surface area (Å²) in [5, 5.41) is 3.43. The van der Waals surface area contributed by atoms with E-state index in [0.717, 1.165) is 30.8 Å². The topological polar surface area (TPSA) is 37.8 Å². The van der Waals surface area contributed by atoms with E-state index in [1.165, 1.54) is 0 Å². The van der Waals surface area contributed by atoms with Gasteiger partial charge in [0.1, 0.15) is 5.82 Å². The summed E-state index contributed by atoms with van der Waals surface area (Å²) in [6.45, 7) is 9.10. The van der Waals surface area contributed by atoms with E-state index in [-0.39, 0.29) is 6.04 Å². The van der Waals surface area contributed by atoms with Crippen LogP contribution in [0.2, 0.25) is 0 Å². The zero-order chi connectivity index (χ0) is 11.1. The van der Waals surface area contributed by atoms with Crippen molar-refractivity contribution in [3.63, 3.8) is 0 Å². The van der Waals surface area contributed by atoms with Crippen LogP contribution in [-0.4, -0.2) is 16.5 Å². The predicted octanol–water partition coefficient (Wildman–Crippen LogP) is 2.48. The second-order valence-corrected chi connectivity index (χ2v) is 3.77. The first-order valence-corrected chi connectivity index (χ1v) is 5.38. The molecule has 0 aliphatic rings. The number of rotatable bonds is 6. The first-order chi connectivity index (χ1) is 7.24. The molecule has 0 saturated heterocycles. The second kappa shape index (κ2) is 6.30. The predicted molar refractivity (Wildman–Crippen MR) is 62.5 cm³/mol. The molecule has 1 rings (SSSR count). The summed E-state index contributed by atoms with van der Waals surface area (Å²) in [6, 6.07) is 2.03. The maximum absolute atomic E-state index is 4.27. The minimum Gasteiger partial charge on any atom is -0.307 e. The lowest BCUT2D eigenvalue weighted by Gasteiger charge is -2.16. The zero-order valence-corrected chi connectivity index (χ0v) is 9.53. The Morgan fingerprint density at radius 2 is 2.13 bits per heavy atom. The number of aromatic nitrogens is 2. The van der Waals surface area contributed by atoms with Gasteiger partial charge < -0.3 is 5.32 Å². The number of nitrogens with one attached hydrogen (secondary N) is 1. The van der Waals surface area contributed by atoms with Gasteiger partial charge in [-0.3, -0.25) is 0 Å². The molecule has 3 heteroatoms.